The van der Waals surface area contributed by atoms with E-state index in [0.717, 1.165) is 6.07 Å². The lowest BCUT2D eigenvalue weighted by Crippen LogP contribution is -2.26. The monoisotopic (exact) mass is 470 g/mol. The third kappa shape index (κ3) is 4.58. The minimum Gasteiger partial charge on any atom is -0.394 e. The van der Waals surface area contributed by atoms with E-state index < -0.39 is 47.0 Å². The van der Waals surface area contributed by atoms with E-state index in [9.17, 15) is 22.4 Å². The van der Waals surface area contributed by atoms with E-state index in [2.05, 4.69) is 10.2 Å². The number of anilines is 2. The van der Waals surface area contributed by atoms with Crippen molar-refractivity contribution in [1.29, 1.82) is 0 Å². The smallest absolute Gasteiger partial charge is 0.277 e. The number of carbonyl (C=O) groups excluding carboxylic acids is 1. The van der Waals surface area contributed by atoms with Crippen LogP contribution in [0.5, 0.6) is 0 Å². The molecule has 0 saturated carbocycles. The number of benzene rings is 2. The number of hydroxylamine groups is 1. The van der Waals surface area contributed by atoms with Gasteiger partial charge in [-0.25, -0.2) is 23.0 Å². The van der Waals surface area contributed by atoms with Crippen LogP contribution in [-0.4, -0.2) is 24.2 Å². The Hall–Kier alpha value is -1.92. The molecular weight excluding hydrogens is 459 g/mol. The maximum Gasteiger partial charge on any atom is 0.277 e. The van der Waals surface area contributed by atoms with Crippen LogP contribution in [0.1, 0.15) is 10.4 Å². The van der Waals surface area contributed by atoms with E-state index in [4.69, 9.17) is 5.11 Å². The van der Waals surface area contributed by atoms with Crippen LogP contribution in [0, 0.1) is 26.8 Å². The third-order valence-electron chi connectivity index (χ3n) is 2.96. The highest BCUT2D eigenvalue weighted by Gasteiger charge is 2.24. The van der Waals surface area contributed by atoms with E-state index in [0.29, 0.717) is 9.64 Å². The molecule has 3 N–H and O–H groups in total. The molecule has 0 spiro atoms. The molecule has 0 heterocycles. The van der Waals surface area contributed by atoms with E-state index in [1.54, 1.807) is 0 Å². The summed E-state index contributed by atoms with van der Waals surface area (Å²) in [5.74, 6) is -7.00. The molecule has 134 valence electrons. The predicted molar refractivity (Wildman–Crippen MR) is 89.2 cm³/mol. The third-order valence-corrected chi connectivity index (χ3v) is 3.63. The first-order valence-electron chi connectivity index (χ1n) is 6.77. The first kappa shape index (κ1) is 19.4. The van der Waals surface area contributed by atoms with Crippen molar-refractivity contribution in [2.45, 2.75) is 0 Å². The SMILES string of the molecule is O=C(NOCCO)c1cc(F)c(F)c(F)c1Nc1ccc(I)cc1F. The fourth-order valence-electron chi connectivity index (χ4n) is 1.84. The Labute approximate surface area is 153 Å². The van der Waals surface area contributed by atoms with Gasteiger partial charge in [-0.15, -0.1) is 0 Å². The summed E-state index contributed by atoms with van der Waals surface area (Å²) in [6.45, 7) is -0.683. The number of carbonyl (C=O) groups is 1. The largest absolute Gasteiger partial charge is 0.394 e. The molecule has 10 heteroatoms. The first-order valence-corrected chi connectivity index (χ1v) is 7.85. The molecule has 0 radical (unpaired) electrons. The average molecular weight is 470 g/mol. The highest BCUT2D eigenvalue weighted by Crippen LogP contribution is 2.30. The van der Waals surface area contributed by atoms with Crippen LogP contribution in [0.3, 0.4) is 0 Å². The van der Waals surface area contributed by atoms with Crippen LogP contribution < -0.4 is 10.8 Å². The summed E-state index contributed by atoms with van der Waals surface area (Å²) < 4.78 is 55.6. The Morgan fingerprint density at radius 1 is 1.12 bits per heavy atom. The number of hydrogen-bond donors (Lipinski definition) is 3. The highest BCUT2D eigenvalue weighted by molar-refractivity contribution is 14.1. The molecule has 5 nitrogen and oxygen atoms in total. The molecule has 0 atom stereocenters. The van der Waals surface area contributed by atoms with Crippen molar-refractivity contribution in [3.63, 3.8) is 0 Å². The lowest BCUT2D eigenvalue weighted by molar-refractivity contribution is 0.0168. The Bertz CT molecular complexity index is 805. The van der Waals surface area contributed by atoms with E-state index in [1.165, 1.54) is 12.1 Å². The standard InChI is InChI=1S/C15H11F4IN2O3/c16-9-5-7(20)1-2-11(9)21-14-8(15(24)22-25-4-3-23)6-10(17)12(18)13(14)19/h1-2,5-6,21,23H,3-4H2,(H,22,24). The summed E-state index contributed by atoms with van der Waals surface area (Å²) in [5, 5.41) is 10.8. The Balaban J connectivity index is 2.44. The predicted octanol–water partition coefficient (Wildman–Crippen LogP) is 3.24. The lowest BCUT2D eigenvalue weighted by atomic mass is 10.1. The number of rotatable bonds is 6. The van der Waals surface area contributed by atoms with Crippen LogP contribution in [-0.2, 0) is 4.84 Å². The zero-order chi connectivity index (χ0) is 18.6. The van der Waals surface area contributed by atoms with Gasteiger partial charge in [0.25, 0.3) is 5.91 Å². The van der Waals surface area contributed by atoms with E-state index >= 15 is 0 Å². The van der Waals surface area contributed by atoms with Gasteiger partial charge in [-0.05, 0) is 46.9 Å². The molecule has 0 saturated heterocycles. The van der Waals surface area contributed by atoms with Gasteiger partial charge in [0.2, 0.25) is 0 Å². The number of aliphatic hydroxyl groups excluding tert-OH is 1. The van der Waals surface area contributed by atoms with Crippen molar-refractivity contribution in [3.8, 4) is 0 Å². The van der Waals surface area contributed by atoms with Crippen molar-refractivity contribution in [2.75, 3.05) is 18.5 Å². The number of amides is 1. The second-order valence-corrected chi connectivity index (χ2v) is 5.91. The van der Waals surface area contributed by atoms with Crippen molar-refractivity contribution in [3.05, 3.63) is 56.7 Å². The molecule has 1 amide bonds. The molecule has 0 aliphatic heterocycles. The number of hydrogen-bond acceptors (Lipinski definition) is 4. The second kappa shape index (κ2) is 8.45. The Morgan fingerprint density at radius 3 is 2.48 bits per heavy atom. The summed E-state index contributed by atoms with van der Waals surface area (Å²) in [4.78, 5) is 16.5. The molecule has 2 aromatic carbocycles. The molecule has 2 aromatic rings. The van der Waals surface area contributed by atoms with Crippen LogP contribution in [0.4, 0.5) is 28.9 Å². The van der Waals surface area contributed by atoms with Gasteiger partial charge in [0.1, 0.15) is 5.82 Å². The van der Waals surface area contributed by atoms with Crippen molar-refractivity contribution >= 4 is 39.9 Å². The minimum atomic E-state index is -1.82. The summed E-state index contributed by atoms with van der Waals surface area (Å²) in [7, 11) is 0. The van der Waals surface area contributed by atoms with Gasteiger partial charge in [-0.2, -0.15) is 0 Å². The normalized spacial score (nSPS) is 10.6. The van der Waals surface area contributed by atoms with Gasteiger partial charge in [-0.3, -0.25) is 9.63 Å². The zero-order valence-electron chi connectivity index (χ0n) is 12.4. The lowest BCUT2D eigenvalue weighted by Gasteiger charge is -2.14. The van der Waals surface area contributed by atoms with Crippen molar-refractivity contribution < 1.29 is 32.3 Å². The maximum atomic E-state index is 14.1. The quantitative estimate of drug-likeness (QED) is 0.200. The molecular formula is C15H11F4IN2O3. The van der Waals surface area contributed by atoms with Crippen LogP contribution >= 0.6 is 22.6 Å². The van der Waals surface area contributed by atoms with Gasteiger partial charge in [0.05, 0.1) is 30.2 Å². The summed E-state index contributed by atoms with van der Waals surface area (Å²) >= 11 is 1.85. The molecule has 0 aliphatic rings. The second-order valence-electron chi connectivity index (χ2n) is 4.66. The number of halogens is 5. The molecule has 0 bridgehead atoms. The number of nitrogens with one attached hydrogen (secondary N) is 2. The molecule has 25 heavy (non-hydrogen) atoms. The summed E-state index contributed by atoms with van der Waals surface area (Å²) in [5.41, 5.74) is 0.188. The molecule has 2 rings (SSSR count). The van der Waals surface area contributed by atoms with Crippen LogP contribution in [0.15, 0.2) is 24.3 Å². The van der Waals surface area contributed by atoms with E-state index in [-0.39, 0.29) is 12.3 Å². The fraction of sp³-hybridized carbons (Fsp3) is 0.133. The highest BCUT2D eigenvalue weighted by atomic mass is 127. The van der Waals surface area contributed by atoms with Gasteiger partial charge in [0.15, 0.2) is 17.5 Å². The Morgan fingerprint density at radius 2 is 1.84 bits per heavy atom. The topological polar surface area (TPSA) is 70.6 Å². The summed E-state index contributed by atoms with van der Waals surface area (Å²) in [6.07, 6.45) is 0. The van der Waals surface area contributed by atoms with Crippen LogP contribution in [0.2, 0.25) is 0 Å². The van der Waals surface area contributed by atoms with Gasteiger partial charge in [0, 0.05) is 3.57 Å². The Kier molecular flexibility index (Phi) is 6.56. The molecule has 0 aromatic heterocycles. The van der Waals surface area contributed by atoms with Crippen LogP contribution in [0.25, 0.3) is 0 Å². The van der Waals surface area contributed by atoms with Gasteiger partial charge in [-0.1, -0.05) is 0 Å². The minimum absolute atomic E-state index is 0.240. The van der Waals surface area contributed by atoms with E-state index in [1.807, 2.05) is 28.1 Å². The maximum absolute atomic E-state index is 14.1. The average Bonchev–Trinajstić information content (AvgIpc) is 2.57. The molecule has 0 fully saturated rings. The van der Waals surface area contributed by atoms with Gasteiger partial charge >= 0.3 is 0 Å². The molecule has 0 unspecified atom stereocenters. The number of aliphatic hydroxyl groups is 1. The zero-order valence-corrected chi connectivity index (χ0v) is 14.5. The van der Waals surface area contributed by atoms with Crippen molar-refractivity contribution in [2.24, 2.45) is 0 Å². The fourth-order valence-corrected chi connectivity index (χ4v) is 2.29. The first-order chi connectivity index (χ1) is 11.8. The molecule has 0 aliphatic carbocycles. The van der Waals surface area contributed by atoms with Crippen molar-refractivity contribution in [1.82, 2.24) is 5.48 Å². The van der Waals surface area contributed by atoms with Gasteiger partial charge < -0.3 is 10.4 Å². The summed E-state index contributed by atoms with van der Waals surface area (Å²) in [6, 6.07) is 4.32.